The van der Waals surface area contributed by atoms with Crippen LogP contribution >= 0.6 is 0 Å². The second-order valence-electron chi connectivity index (χ2n) is 8.04. The predicted octanol–water partition coefficient (Wildman–Crippen LogP) is 4.28. The predicted molar refractivity (Wildman–Crippen MR) is 116 cm³/mol. The average molecular weight is 411 g/mol. The third-order valence-corrected chi connectivity index (χ3v) is 5.84. The third kappa shape index (κ3) is 6.15. The molecule has 0 spiro atoms. The second kappa shape index (κ2) is 10.9. The number of rotatable bonds is 9. The van der Waals surface area contributed by atoms with E-state index in [9.17, 15) is 14.0 Å². The van der Waals surface area contributed by atoms with Crippen LogP contribution in [0.2, 0.25) is 0 Å². The molecule has 2 amide bonds. The van der Waals surface area contributed by atoms with Crippen LogP contribution in [-0.2, 0) is 22.4 Å². The first kappa shape index (κ1) is 22.0. The van der Waals surface area contributed by atoms with Crippen LogP contribution in [0.25, 0.3) is 0 Å². The maximum absolute atomic E-state index is 13.2. The van der Waals surface area contributed by atoms with Gasteiger partial charge in [0.2, 0.25) is 11.8 Å². The van der Waals surface area contributed by atoms with E-state index in [-0.39, 0.29) is 30.1 Å². The summed E-state index contributed by atoms with van der Waals surface area (Å²) < 4.78 is 13.2. The Morgan fingerprint density at radius 2 is 1.70 bits per heavy atom. The average Bonchev–Trinajstić information content (AvgIpc) is 3.26. The van der Waals surface area contributed by atoms with Gasteiger partial charge in [-0.05, 0) is 48.9 Å². The van der Waals surface area contributed by atoms with Crippen molar-refractivity contribution in [3.63, 3.8) is 0 Å². The van der Waals surface area contributed by atoms with Crippen LogP contribution in [0.1, 0.15) is 50.2 Å². The molecule has 0 saturated heterocycles. The van der Waals surface area contributed by atoms with E-state index in [0.717, 1.165) is 36.8 Å². The molecule has 2 aromatic rings. The van der Waals surface area contributed by atoms with Gasteiger partial charge in [-0.1, -0.05) is 62.2 Å². The molecule has 1 aliphatic carbocycles. The first-order valence-corrected chi connectivity index (χ1v) is 10.9. The van der Waals surface area contributed by atoms with Crippen molar-refractivity contribution in [3.05, 3.63) is 71.5 Å². The van der Waals surface area contributed by atoms with Crippen molar-refractivity contribution in [2.75, 3.05) is 6.54 Å². The summed E-state index contributed by atoms with van der Waals surface area (Å²) in [5, 5.41) is 3.15. The van der Waals surface area contributed by atoms with E-state index in [4.69, 9.17) is 0 Å². The lowest BCUT2D eigenvalue weighted by molar-refractivity contribution is -0.140. The van der Waals surface area contributed by atoms with E-state index in [0.29, 0.717) is 19.4 Å². The Morgan fingerprint density at radius 3 is 2.33 bits per heavy atom. The highest BCUT2D eigenvalue weighted by atomic mass is 19.1. The molecule has 0 bridgehead atoms. The van der Waals surface area contributed by atoms with Crippen LogP contribution in [0.5, 0.6) is 0 Å². The Bertz CT molecular complexity index is 817. The lowest BCUT2D eigenvalue weighted by atomic mass is 10.1. The molecular formula is C25H31FN2O2. The summed E-state index contributed by atoms with van der Waals surface area (Å²) in [7, 11) is 0. The minimum Gasteiger partial charge on any atom is -0.352 e. The molecule has 30 heavy (non-hydrogen) atoms. The molecule has 2 aromatic carbocycles. The number of nitrogens with zero attached hydrogens (tertiary/aromatic N) is 1. The minimum absolute atomic E-state index is 0.0649. The van der Waals surface area contributed by atoms with Gasteiger partial charge in [0.25, 0.3) is 0 Å². The van der Waals surface area contributed by atoms with Crippen molar-refractivity contribution in [1.82, 2.24) is 10.2 Å². The third-order valence-electron chi connectivity index (χ3n) is 5.84. The van der Waals surface area contributed by atoms with Gasteiger partial charge in [0.05, 0.1) is 6.42 Å². The molecule has 0 aliphatic heterocycles. The van der Waals surface area contributed by atoms with Gasteiger partial charge in [-0.2, -0.15) is 0 Å². The highest BCUT2D eigenvalue weighted by Crippen LogP contribution is 2.19. The normalized spacial score (nSPS) is 15.0. The number of nitrogens with one attached hydrogen (secondary N) is 1. The van der Waals surface area contributed by atoms with Crippen molar-refractivity contribution in [1.29, 1.82) is 0 Å². The van der Waals surface area contributed by atoms with Gasteiger partial charge >= 0.3 is 0 Å². The number of carbonyl (C=O) groups is 2. The van der Waals surface area contributed by atoms with Crippen molar-refractivity contribution in [3.8, 4) is 0 Å². The summed E-state index contributed by atoms with van der Waals surface area (Å²) in [6.45, 7) is 2.42. The Kier molecular flexibility index (Phi) is 8.00. The monoisotopic (exact) mass is 410 g/mol. The quantitative estimate of drug-likeness (QED) is 0.671. The van der Waals surface area contributed by atoms with Crippen LogP contribution in [0, 0.1) is 5.82 Å². The van der Waals surface area contributed by atoms with Crippen LogP contribution < -0.4 is 5.32 Å². The van der Waals surface area contributed by atoms with Gasteiger partial charge < -0.3 is 10.2 Å². The molecule has 1 atom stereocenters. The summed E-state index contributed by atoms with van der Waals surface area (Å²) in [6, 6.07) is 15.7. The van der Waals surface area contributed by atoms with Gasteiger partial charge in [-0.3, -0.25) is 9.59 Å². The zero-order chi connectivity index (χ0) is 21.3. The Morgan fingerprint density at radius 1 is 1.03 bits per heavy atom. The fraction of sp³-hybridized carbons (Fsp3) is 0.440. The highest BCUT2D eigenvalue weighted by Gasteiger charge is 2.30. The van der Waals surface area contributed by atoms with E-state index in [1.807, 2.05) is 37.3 Å². The number of hydrogen-bond acceptors (Lipinski definition) is 2. The zero-order valence-electron chi connectivity index (χ0n) is 17.6. The maximum atomic E-state index is 13.2. The Balaban J connectivity index is 1.74. The van der Waals surface area contributed by atoms with Gasteiger partial charge in [-0.25, -0.2) is 4.39 Å². The van der Waals surface area contributed by atoms with E-state index >= 15 is 0 Å². The molecule has 0 heterocycles. The topological polar surface area (TPSA) is 49.4 Å². The largest absolute Gasteiger partial charge is 0.352 e. The molecule has 1 saturated carbocycles. The maximum Gasteiger partial charge on any atom is 0.243 e. The Labute approximate surface area is 178 Å². The van der Waals surface area contributed by atoms with Crippen LogP contribution in [0.15, 0.2) is 54.6 Å². The Hall–Kier alpha value is -2.69. The van der Waals surface area contributed by atoms with E-state index in [2.05, 4.69) is 5.32 Å². The van der Waals surface area contributed by atoms with Crippen molar-refractivity contribution < 1.29 is 14.0 Å². The summed E-state index contributed by atoms with van der Waals surface area (Å²) in [5.74, 6) is -0.495. The SMILES string of the molecule is CC[C@@H](C(=O)NC1CCCC1)N(CCc1ccccc1)C(=O)Cc1ccc(F)cc1. The van der Waals surface area contributed by atoms with Crippen molar-refractivity contribution in [2.24, 2.45) is 0 Å². The summed E-state index contributed by atoms with van der Waals surface area (Å²) in [4.78, 5) is 28.0. The number of halogens is 1. The number of amides is 2. The lowest BCUT2D eigenvalue weighted by Gasteiger charge is -2.31. The molecule has 0 unspecified atom stereocenters. The fourth-order valence-corrected chi connectivity index (χ4v) is 4.14. The molecule has 1 N–H and O–H groups in total. The molecule has 160 valence electrons. The number of hydrogen-bond donors (Lipinski definition) is 1. The lowest BCUT2D eigenvalue weighted by Crippen LogP contribution is -2.52. The molecule has 1 fully saturated rings. The molecule has 3 rings (SSSR count). The van der Waals surface area contributed by atoms with Gasteiger partial charge in [0.1, 0.15) is 11.9 Å². The second-order valence-corrected chi connectivity index (χ2v) is 8.04. The minimum atomic E-state index is -0.498. The van der Waals surface area contributed by atoms with Gasteiger partial charge in [-0.15, -0.1) is 0 Å². The first-order chi connectivity index (χ1) is 14.6. The summed E-state index contributed by atoms with van der Waals surface area (Å²) in [6.07, 6.45) is 5.70. The molecular weight excluding hydrogens is 379 g/mol. The highest BCUT2D eigenvalue weighted by molar-refractivity contribution is 5.88. The van der Waals surface area contributed by atoms with Crippen LogP contribution in [0.3, 0.4) is 0 Å². The van der Waals surface area contributed by atoms with Gasteiger partial charge in [0.15, 0.2) is 0 Å². The molecule has 1 aliphatic rings. The first-order valence-electron chi connectivity index (χ1n) is 10.9. The smallest absolute Gasteiger partial charge is 0.243 e. The molecule has 0 radical (unpaired) electrons. The van der Waals surface area contributed by atoms with E-state index in [1.54, 1.807) is 17.0 Å². The van der Waals surface area contributed by atoms with Crippen LogP contribution in [0.4, 0.5) is 4.39 Å². The van der Waals surface area contributed by atoms with Crippen LogP contribution in [-0.4, -0.2) is 35.3 Å². The molecule has 0 aromatic heterocycles. The fourth-order valence-electron chi connectivity index (χ4n) is 4.14. The molecule has 4 nitrogen and oxygen atoms in total. The van der Waals surface area contributed by atoms with Crippen molar-refractivity contribution >= 4 is 11.8 Å². The van der Waals surface area contributed by atoms with E-state index < -0.39 is 6.04 Å². The molecule has 5 heteroatoms. The van der Waals surface area contributed by atoms with Crippen molar-refractivity contribution in [2.45, 2.75) is 64.0 Å². The summed E-state index contributed by atoms with van der Waals surface area (Å²) >= 11 is 0. The van der Waals surface area contributed by atoms with Gasteiger partial charge in [0, 0.05) is 12.6 Å². The zero-order valence-corrected chi connectivity index (χ0v) is 17.6. The number of carbonyl (C=O) groups excluding carboxylic acids is 2. The van der Waals surface area contributed by atoms with E-state index in [1.165, 1.54) is 12.1 Å². The summed E-state index contributed by atoms with van der Waals surface area (Å²) in [5.41, 5.74) is 1.88. The number of benzene rings is 2. The standard InChI is InChI=1S/C25H31FN2O2/c1-2-23(25(30)27-22-10-6-7-11-22)28(17-16-19-8-4-3-5-9-19)24(29)18-20-12-14-21(26)15-13-20/h3-5,8-9,12-15,22-23H,2,6-7,10-11,16-18H2,1H3,(H,27,30)/t23-/m0/s1.